The highest BCUT2D eigenvalue weighted by atomic mass is 19.4. The van der Waals surface area contributed by atoms with Crippen molar-refractivity contribution in [1.82, 2.24) is 40.3 Å². The average molecular weight is 622 g/mol. The van der Waals surface area contributed by atoms with E-state index in [0.29, 0.717) is 0 Å². The van der Waals surface area contributed by atoms with Crippen LogP contribution < -0.4 is 5.32 Å². The molecule has 3 heterocycles. The maximum absolute atomic E-state index is 13.5. The Hall–Kier alpha value is -6.10. The number of halogens is 6. The second-order valence-electron chi connectivity index (χ2n) is 9.26. The smallest absolute Gasteiger partial charge is 0.352 e. The average Bonchev–Trinajstić information content (AvgIpc) is 3.71. The standard InChI is InChI=1S/C28H16F6N10O/c1-2-37-26(45)17-7-22(24-13-43(41-39-24)18-5-3-15(11-35)20(9-18)27(29,30)31)38-23(8-17)25-14-44(42-40-25)19-6-4-16(12-36)21(10-19)28(32,33)34/h3-10,13-14H,2H2,1H3,(H,37,45). The van der Waals surface area contributed by atoms with Crippen LogP contribution in [0.25, 0.3) is 34.2 Å². The number of aromatic nitrogens is 7. The summed E-state index contributed by atoms with van der Waals surface area (Å²) in [6, 6.07) is 11.7. The molecular formula is C28H16F6N10O. The summed E-state index contributed by atoms with van der Waals surface area (Å²) >= 11 is 0. The topological polar surface area (TPSA) is 151 Å². The number of nitrogens with one attached hydrogen (secondary N) is 1. The molecule has 5 rings (SSSR count). The fourth-order valence-electron chi connectivity index (χ4n) is 4.21. The first-order chi connectivity index (χ1) is 21.3. The maximum Gasteiger partial charge on any atom is 0.417 e. The van der Waals surface area contributed by atoms with Crippen LogP contribution in [-0.4, -0.2) is 47.4 Å². The Morgan fingerprint density at radius 2 is 1.20 bits per heavy atom. The van der Waals surface area contributed by atoms with Gasteiger partial charge in [-0.05, 0) is 55.5 Å². The maximum atomic E-state index is 13.5. The van der Waals surface area contributed by atoms with Crippen LogP contribution in [0.4, 0.5) is 26.3 Å². The quantitative estimate of drug-likeness (QED) is 0.257. The molecule has 0 unspecified atom stereocenters. The number of hydrogen-bond donors (Lipinski definition) is 1. The van der Waals surface area contributed by atoms with Gasteiger partial charge < -0.3 is 5.32 Å². The van der Waals surface area contributed by atoms with Crippen LogP contribution in [0.2, 0.25) is 0 Å². The minimum atomic E-state index is -4.80. The molecule has 1 N–H and O–H groups in total. The third kappa shape index (κ3) is 6.18. The second kappa shape index (κ2) is 11.5. The highest BCUT2D eigenvalue weighted by molar-refractivity contribution is 5.96. The lowest BCUT2D eigenvalue weighted by molar-refractivity contribution is -0.138. The van der Waals surface area contributed by atoms with E-state index in [0.717, 1.165) is 33.6 Å². The number of rotatable bonds is 6. The van der Waals surface area contributed by atoms with Gasteiger partial charge in [-0.3, -0.25) is 4.79 Å². The van der Waals surface area contributed by atoms with Gasteiger partial charge in [0.1, 0.15) is 11.4 Å². The monoisotopic (exact) mass is 622 g/mol. The molecule has 0 radical (unpaired) electrons. The van der Waals surface area contributed by atoms with Gasteiger partial charge in [-0.25, -0.2) is 14.3 Å². The van der Waals surface area contributed by atoms with Crippen molar-refractivity contribution in [3.8, 4) is 46.3 Å². The van der Waals surface area contributed by atoms with E-state index in [2.05, 4.69) is 30.9 Å². The zero-order chi connectivity index (χ0) is 32.5. The number of nitrogens with zero attached hydrogens (tertiary/aromatic N) is 9. The summed E-state index contributed by atoms with van der Waals surface area (Å²) in [7, 11) is 0. The van der Waals surface area contributed by atoms with E-state index in [1.165, 1.54) is 48.8 Å². The normalized spacial score (nSPS) is 11.6. The van der Waals surface area contributed by atoms with E-state index in [4.69, 9.17) is 10.5 Å². The molecule has 0 bridgehead atoms. The number of alkyl halides is 6. The number of hydrogen-bond acceptors (Lipinski definition) is 8. The Labute approximate surface area is 249 Å². The first-order valence-corrected chi connectivity index (χ1v) is 12.7. The van der Waals surface area contributed by atoms with Gasteiger partial charge >= 0.3 is 12.4 Å². The van der Waals surface area contributed by atoms with E-state index < -0.39 is 40.5 Å². The van der Waals surface area contributed by atoms with Crippen LogP contribution in [0.3, 0.4) is 0 Å². The van der Waals surface area contributed by atoms with Crippen LogP contribution in [-0.2, 0) is 12.4 Å². The minimum absolute atomic E-state index is 0.0506. The highest BCUT2D eigenvalue weighted by Crippen LogP contribution is 2.34. The van der Waals surface area contributed by atoms with Crippen LogP contribution in [0, 0.1) is 22.7 Å². The molecular weight excluding hydrogens is 606 g/mol. The molecule has 2 aromatic carbocycles. The fourth-order valence-corrected chi connectivity index (χ4v) is 4.21. The first-order valence-electron chi connectivity index (χ1n) is 12.7. The third-order valence-corrected chi connectivity index (χ3v) is 6.32. The third-order valence-electron chi connectivity index (χ3n) is 6.32. The summed E-state index contributed by atoms with van der Waals surface area (Å²) in [4.78, 5) is 17.2. The number of carbonyl (C=O) groups excluding carboxylic acids is 1. The Morgan fingerprint density at radius 1 is 0.756 bits per heavy atom. The van der Waals surface area contributed by atoms with E-state index in [9.17, 15) is 31.1 Å². The molecule has 226 valence electrons. The van der Waals surface area contributed by atoms with Crippen LogP contribution in [0.5, 0.6) is 0 Å². The van der Waals surface area contributed by atoms with Crippen LogP contribution >= 0.6 is 0 Å². The van der Waals surface area contributed by atoms with Crippen molar-refractivity contribution in [2.24, 2.45) is 0 Å². The van der Waals surface area contributed by atoms with Crippen molar-refractivity contribution >= 4 is 5.91 Å². The predicted molar refractivity (Wildman–Crippen MR) is 142 cm³/mol. The predicted octanol–water partition coefficient (Wildman–Crippen LogP) is 5.11. The van der Waals surface area contributed by atoms with Gasteiger partial charge in [0.05, 0.1) is 69.5 Å². The molecule has 45 heavy (non-hydrogen) atoms. The van der Waals surface area contributed by atoms with E-state index in [-0.39, 0.29) is 46.3 Å². The van der Waals surface area contributed by atoms with Gasteiger partial charge in [0.25, 0.3) is 5.91 Å². The molecule has 0 fully saturated rings. The molecule has 0 saturated carbocycles. The fraction of sp³-hybridized carbons (Fsp3) is 0.143. The number of pyridine rings is 1. The minimum Gasteiger partial charge on any atom is -0.352 e. The molecule has 0 saturated heterocycles. The zero-order valence-corrected chi connectivity index (χ0v) is 22.7. The first kappa shape index (κ1) is 30.4. The largest absolute Gasteiger partial charge is 0.417 e. The molecule has 1 amide bonds. The summed E-state index contributed by atoms with van der Waals surface area (Å²) < 4.78 is 83.0. The zero-order valence-electron chi connectivity index (χ0n) is 22.7. The van der Waals surface area contributed by atoms with Gasteiger partial charge in [0, 0.05) is 12.1 Å². The number of benzene rings is 2. The molecule has 0 aliphatic carbocycles. The van der Waals surface area contributed by atoms with Gasteiger partial charge in [0.15, 0.2) is 0 Å². The molecule has 5 aromatic rings. The van der Waals surface area contributed by atoms with Gasteiger partial charge in [-0.1, -0.05) is 10.4 Å². The lowest BCUT2D eigenvalue weighted by atomic mass is 10.1. The highest BCUT2D eigenvalue weighted by Gasteiger charge is 2.35. The van der Waals surface area contributed by atoms with Crippen molar-refractivity contribution in [2.45, 2.75) is 19.3 Å². The lowest BCUT2D eigenvalue weighted by Crippen LogP contribution is -2.22. The van der Waals surface area contributed by atoms with Crippen molar-refractivity contribution < 1.29 is 31.1 Å². The van der Waals surface area contributed by atoms with Gasteiger partial charge in [-0.2, -0.15) is 36.9 Å². The van der Waals surface area contributed by atoms with Crippen molar-refractivity contribution in [3.05, 3.63) is 88.7 Å². The van der Waals surface area contributed by atoms with Crippen molar-refractivity contribution in [1.29, 1.82) is 10.5 Å². The van der Waals surface area contributed by atoms with Gasteiger partial charge in [0.2, 0.25) is 0 Å². The number of amides is 1. The Balaban J connectivity index is 1.56. The summed E-state index contributed by atoms with van der Waals surface area (Å²) in [6.07, 6.45) is -7.07. The Kier molecular flexibility index (Phi) is 7.78. The van der Waals surface area contributed by atoms with E-state index in [1.807, 2.05) is 0 Å². The molecule has 3 aromatic heterocycles. The van der Waals surface area contributed by atoms with Crippen molar-refractivity contribution in [2.75, 3.05) is 6.54 Å². The van der Waals surface area contributed by atoms with Crippen molar-refractivity contribution in [3.63, 3.8) is 0 Å². The number of carbonyl (C=O) groups is 1. The SMILES string of the molecule is CCNC(=O)c1cc(-c2cn(-c3ccc(C#N)c(C(F)(F)F)c3)nn2)nc(-c2cn(-c3ccc(C#N)c(C(F)(F)F)c3)nn2)c1. The summed E-state index contributed by atoms with van der Waals surface area (Å²) in [5.41, 5.74) is -3.24. The molecule has 0 spiro atoms. The van der Waals surface area contributed by atoms with Crippen LogP contribution in [0.1, 0.15) is 39.5 Å². The summed E-state index contributed by atoms with van der Waals surface area (Å²) in [5.74, 6) is -0.508. The Morgan fingerprint density at radius 3 is 1.58 bits per heavy atom. The van der Waals surface area contributed by atoms with Crippen LogP contribution in [0.15, 0.2) is 60.9 Å². The van der Waals surface area contributed by atoms with E-state index >= 15 is 0 Å². The lowest BCUT2D eigenvalue weighted by Gasteiger charge is -2.10. The van der Waals surface area contributed by atoms with Gasteiger partial charge in [-0.15, -0.1) is 10.2 Å². The molecule has 11 nitrogen and oxygen atoms in total. The summed E-state index contributed by atoms with van der Waals surface area (Å²) in [6.45, 7) is 1.97. The molecule has 0 aliphatic rings. The Bertz CT molecular complexity index is 1880. The number of nitriles is 2. The van der Waals surface area contributed by atoms with E-state index in [1.54, 1.807) is 6.92 Å². The molecule has 0 aliphatic heterocycles. The summed E-state index contributed by atoms with van der Waals surface area (Å²) in [5, 5.41) is 36.5. The second-order valence-corrected chi connectivity index (χ2v) is 9.26. The molecule has 0 atom stereocenters. The molecule has 17 heteroatoms.